The van der Waals surface area contributed by atoms with Crippen molar-refractivity contribution in [3.8, 4) is 0 Å². The summed E-state index contributed by atoms with van der Waals surface area (Å²) in [4.78, 5) is 24.6. The van der Waals surface area contributed by atoms with Crippen LogP contribution < -0.4 is 0 Å². The Morgan fingerprint density at radius 2 is 1.33 bits per heavy atom. The van der Waals surface area contributed by atoms with Crippen LogP contribution in [0.15, 0.2) is 72.8 Å². The Kier molecular flexibility index (Phi) is 4.43. The maximum Gasteiger partial charge on any atom is 0.338 e. The molecule has 0 amide bonds. The van der Waals surface area contributed by atoms with Crippen molar-refractivity contribution in [1.82, 2.24) is 0 Å². The van der Waals surface area contributed by atoms with Crippen LogP contribution in [0, 0.1) is 0 Å². The van der Waals surface area contributed by atoms with Gasteiger partial charge in [0.2, 0.25) is 0 Å². The van der Waals surface area contributed by atoms with Gasteiger partial charge in [-0.3, -0.25) is 4.79 Å². The van der Waals surface area contributed by atoms with Crippen LogP contribution in [-0.4, -0.2) is 18.4 Å². The first kappa shape index (κ1) is 17.0. The van der Waals surface area contributed by atoms with Gasteiger partial charge in [-0.2, -0.15) is 0 Å². The maximum absolute atomic E-state index is 12.8. The minimum Gasteiger partial charge on any atom is -0.462 e. The zero-order valence-electron chi connectivity index (χ0n) is 14.9. The SMILES string of the molecule is CCOC(=O)c1ccc(C=C2c3ccccc3C(=O)c3ccccc32)cc1. The quantitative estimate of drug-likeness (QED) is 0.487. The van der Waals surface area contributed by atoms with Crippen molar-refractivity contribution < 1.29 is 14.3 Å². The summed E-state index contributed by atoms with van der Waals surface area (Å²) in [6.45, 7) is 2.14. The van der Waals surface area contributed by atoms with Gasteiger partial charge < -0.3 is 4.74 Å². The third-order valence-corrected chi connectivity index (χ3v) is 4.66. The van der Waals surface area contributed by atoms with E-state index in [1.165, 1.54) is 0 Å². The molecule has 3 heteroatoms. The van der Waals surface area contributed by atoms with Crippen molar-refractivity contribution in [3.63, 3.8) is 0 Å². The molecule has 0 aliphatic heterocycles. The van der Waals surface area contributed by atoms with E-state index in [-0.39, 0.29) is 11.8 Å². The first-order valence-electron chi connectivity index (χ1n) is 8.91. The van der Waals surface area contributed by atoms with Crippen LogP contribution in [-0.2, 0) is 4.74 Å². The number of hydrogen-bond donors (Lipinski definition) is 0. The topological polar surface area (TPSA) is 43.4 Å². The van der Waals surface area contributed by atoms with Crippen LogP contribution in [0.25, 0.3) is 11.6 Å². The van der Waals surface area contributed by atoms with E-state index in [9.17, 15) is 9.59 Å². The van der Waals surface area contributed by atoms with Gasteiger partial charge in [0, 0.05) is 11.1 Å². The number of rotatable bonds is 3. The smallest absolute Gasteiger partial charge is 0.338 e. The summed E-state index contributed by atoms with van der Waals surface area (Å²) < 4.78 is 5.03. The second-order valence-corrected chi connectivity index (χ2v) is 6.32. The van der Waals surface area contributed by atoms with Gasteiger partial charge in [-0.05, 0) is 47.4 Å². The Labute approximate surface area is 157 Å². The molecule has 0 unspecified atom stereocenters. The van der Waals surface area contributed by atoms with Gasteiger partial charge in [0.1, 0.15) is 0 Å². The number of hydrogen-bond acceptors (Lipinski definition) is 3. The van der Waals surface area contributed by atoms with Gasteiger partial charge in [-0.15, -0.1) is 0 Å². The highest BCUT2D eigenvalue weighted by molar-refractivity contribution is 6.20. The molecule has 0 spiro atoms. The van der Waals surface area contributed by atoms with Crippen molar-refractivity contribution >= 4 is 23.4 Å². The number of ether oxygens (including phenoxy) is 1. The molecule has 3 aromatic carbocycles. The molecule has 0 saturated heterocycles. The molecule has 0 atom stereocenters. The summed E-state index contributed by atoms with van der Waals surface area (Å²) in [5, 5.41) is 0. The molecule has 1 aliphatic carbocycles. The fourth-order valence-corrected chi connectivity index (χ4v) is 3.37. The van der Waals surface area contributed by atoms with E-state index in [1.54, 1.807) is 19.1 Å². The highest BCUT2D eigenvalue weighted by Crippen LogP contribution is 2.36. The van der Waals surface area contributed by atoms with Crippen LogP contribution in [0.2, 0.25) is 0 Å². The maximum atomic E-state index is 12.8. The summed E-state index contributed by atoms with van der Waals surface area (Å²) in [6, 6.07) is 22.6. The number of fused-ring (bicyclic) bond motifs is 2. The van der Waals surface area contributed by atoms with E-state index < -0.39 is 0 Å². The molecule has 0 heterocycles. The second kappa shape index (κ2) is 7.04. The summed E-state index contributed by atoms with van der Waals surface area (Å²) in [6.07, 6.45) is 2.05. The number of carbonyl (C=O) groups is 2. The molecule has 0 N–H and O–H groups in total. The van der Waals surface area contributed by atoms with Crippen LogP contribution in [0.4, 0.5) is 0 Å². The lowest BCUT2D eigenvalue weighted by molar-refractivity contribution is 0.0526. The van der Waals surface area contributed by atoms with Gasteiger partial charge >= 0.3 is 5.97 Å². The summed E-state index contributed by atoms with van der Waals surface area (Å²) in [5.74, 6) is -0.272. The Hall–Kier alpha value is -3.46. The molecule has 0 aromatic heterocycles. The Morgan fingerprint density at radius 3 is 1.85 bits per heavy atom. The number of esters is 1. The molecule has 3 nitrogen and oxygen atoms in total. The van der Waals surface area contributed by atoms with Crippen LogP contribution in [0.3, 0.4) is 0 Å². The highest BCUT2D eigenvalue weighted by Gasteiger charge is 2.26. The molecular weight excluding hydrogens is 336 g/mol. The Bertz CT molecular complexity index is 1010. The first-order valence-corrected chi connectivity index (χ1v) is 8.91. The lowest BCUT2D eigenvalue weighted by Crippen LogP contribution is -2.14. The van der Waals surface area contributed by atoms with E-state index >= 15 is 0 Å². The molecule has 0 bridgehead atoms. The predicted molar refractivity (Wildman–Crippen MR) is 106 cm³/mol. The van der Waals surface area contributed by atoms with Gasteiger partial charge in [-0.1, -0.05) is 60.7 Å². The van der Waals surface area contributed by atoms with Gasteiger partial charge in [-0.25, -0.2) is 4.79 Å². The monoisotopic (exact) mass is 354 g/mol. The van der Waals surface area contributed by atoms with Gasteiger partial charge in [0.15, 0.2) is 5.78 Å². The van der Waals surface area contributed by atoms with E-state index in [0.717, 1.165) is 22.3 Å². The van der Waals surface area contributed by atoms with Crippen LogP contribution >= 0.6 is 0 Å². The Morgan fingerprint density at radius 1 is 0.815 bits per heavy atom. The predicted octanol–water partition coefficient (Wildman–Crippen LogP) is 5.00. The number of ketones is 1. The molecule has 0 fully saturated rings. The van der Waals surface area contributed by atoms with Crippen LogP contribution in [0.5, 0.6) is 0 Å². The first-order chi connectivity index (χ1) is 13.2. The molecule has 0 saturated carbocycles. The molecule has 4 rings (SSSR count). The fourth-order valence-electron chi connectivity index (χ4n) is 3.37. The minimum atomic E-state index is -0.323. The molecule has 0 radical (unpaired) electrons. The average Bonchev–Trinajstić information content (AvgIpc) is 2.72. The van der Waals surface area contributed by atoms with E-state index in [2.05, 4.69) is 6.08 Å². The minimum absolute atomic E-state index is 0.0519. The molecular formula is C24H18O3. The fraction of sp³-hybridized carbons (Fsp3) is 0.0833. The highest BCUT2D eigenvalue weighted by atomic mass is 16.5. The summed E-state index contributed by atoms with van der Waals surface area (Å²) in [7, 11) is 0. The van der Waals surface area contributed by atoms with Crippen molar-refractivity contribution in [3.05, 3.63) is 106 Å². The van der Waals surface area contributed by atoms with Crippen LogP contribution in [0.1, 0.15) is 49.9 Å². The summed E-state index contributed by atoms with van der Waals surface area (Å²) in [5.41, 5.74) is 5.77. The Balaban J connectivity index is 1.81. The molecule has 1 aliphatic rings. The zero-order valence-corrected chi connectivity index (χ0v) is 14.9. The van der Waals surface area contributed by atoms with E-state index in [1.807, 2.05) is 60.7 Å². The second-order valence-electron chi connectivity index (χ2n) is 6.32. The van der Waals surface area contributed by atoms with Crippen molar-refractivity contribution in [2.75, 3.05) is 6.61 Å². The molecule has 3 aromatic rings. The third kappa shape index (κ3) is 3.08. The van der Waals surface area contributed by atoms with Gasteiger partial charge in [0.25, 0.3) is 0 Å². The molecule has 132 valence electrons. The molecule has 27 heavy (non-hydrogen) atoms. The summed E-state index contributed by atoms with van der Waals surface area (Å²) >= 11 is 0. The van der Waals surface area contributed by atoms with Crippen molar-refractivity contribution in [2.24, 2.45) is 0 Å². The standard InChI is InChI=1S/C24H18O3/c1-2-27-24(26)17-13-11-16(12-14-17)15-22-18-7-3-5-9-20(18)23(25)21-10-6-4-8-19(21)22/h3-15H,2H2,1H3. The van der Waals surface area contributed by atoms with Crippen molar-refractivity contribution in [2.45, 2.75) is 6.92 Å². The van der Waals surface area contributed by atoms with E-state index in [0.29, 0.717) is 23.3 Å². The zero-order chi connectivity index (χ0) is 18.8. The van der Waals surface area contributed by atoms with E-state index in [4.69, 9.17) is 4.74 Å². The number of benzene rings is 3. The normalized spacial score (nSPS) is 12.2. The number of carbonyl (C=O) groups excluding carboxylic acids is 2. The van der Waals surface area contributed by atoms with Gasteiger partial charge in [0.05, 0.1) is 12.2 Å². The average molecular weight is 354 g/mol. The lowest BCUT2D eigenvalue weighted by atomic mass is 9.80. The largest absolute Gasteiger partial charge is 0.462 e. The van der Waals surface area contributed by atoms with Crippen molar-refractivity contribution in [1.29, 1.82) is 0 Å². The lowest BCUT2D eigenvalue weighted by Gasteiger charge is -2.21. The third-order valence-electron chi connectivity index (χ3n) is 4.66.